The Morgan fingerprint density at radius 2 is 1.44 bits per heavy atom. The Labute approximate surface area is 105 Å². The molecule has 2 amide bonds. The van der Waals surface area contributed by atoms with Gasteiger partial charge in [0.1, 0.15) is 5.82 Å². The zero-order chi connectivity index (χ0) is 12.7. The molecule has 1 heterocycles. The number of nitrogens with zero attached hydrogens (tertiary/aromatic N) is 1. The summed E-state index contributed by atoms with van der Waals surface area (Å²) in [5, 5.41) is 0. The van der Waals surface area contributed by atoms with E-state index in [4.69, 9.17) is 0 Å². The first-order valence-electron chi connectivity index (χ1n) is 6.32. The summed E-state index contributed by atoms with van der Waals surface area (Å²) in [6.07, 6.45) is 3.62. The Morgan fingerprint density at radius 1 is 0.944 bits per heavy atom. The molecule has 1 saturated carbocycles. The topological polar surface area (TPSA) is 37.4 Å². The van der Waals surface area contributed by atoms with Gasteiger partial charge in [0.05, 0.1) is 17.5 Å². The van der Waals surface area contributed by atoms with E-state index in [1.165, 1.54) is 29.2 Å². The quantitative estimate of drug-likeness (QED) is 0.715. The number of rotatable bonds is 1. The minimum Gasteiger partial charge on any atom is -0.274 e. The molecule has 3 nitrogen and oxygen atoms in total. The molecule has 0 unspecified atom stereocenters. The number of benzene rings is 1. The van der Waals surface area contributed by atoms with Crippen LogP contribution in [0.25, 0.3) is 0 Å². The fourth-order valence-electron chi connectivity index (χ4n) is 3.01. The van der Waals surface area contributed by atoms with E-state index in [0.29, 0.717) is 5.69 Å². The predicted molar refractivity (Wildman–Crippen MR) is 64.3 cm³/mol. The first-order valence-corrected chi connectivity index (χ1v) is 6.32. The number of carbonyl (C=O) groups excluding carboxylic acids is 2. The molecule has 4 heteroatoms. The largest absolute Gasteiger partial charge is 0.274 e. The van der Waals surface area contributed by atoms with E-state index in [-0.39, 0.29) is 29.5 Å². The second-order valence-electron chi connectivity index (χ2n) is 4.99. The van der Waals surface area contributed by atoms with Gasteiger partial charge >= 0.3 is 0 Å². The van der Waals surface area contributed by atoms with Gasteiger partial charge in [-0.15, -0.1) is 0 Å². The molecule has 0 spiro atoms. The molecule has 2 fully saturated rings. The van der Waals surface area contributed by atoms with Crippen LogP contribution in [-0.2, 0) is 9.59 Å². The van der Waals surface area contributed by atoms with E-state index in [0.717, 1.165) is 25.7 Å². The second kappa shape index (κ2) is 4.19. The van der Waals surface area contributed by atoms with Crippen LogP contribution in [0.2, 0.25) is 0 Å². The van der Waals surface area contributed by atoms with Gasteiger partial charge in [0.25, 0.3) is 0 Å². The summed E-state index contributed by atoms with van der Waals surface area (Å²) in [5.41, 5.74) is 0.487. The summed E-state index contributed by atoms with van der Waals surface area (Å²) in [7, 11) is 0. The monoisotopic (exact) mass is 247 g/mol. The maximum atomic E-state index is 12.9. The summed E-state index contributed by atoms with van der Waals surface area (Å²) in [6.45, 7) is 0. The summed E-state index contributed by atoms with van der Waals surface area (Å²) in [6, 6.07) is 5.53. The normalized spacial score (nSPS) is 27.5. The zero-order valence-corrected chi connectivity index (χ0v) is 9.93. The molecule has 94 valence electrons. The van der Waals surface area contributed by atoms with Gasteiger partial charge in [0.2, 0.25) is 11.8 Å². The van der Waals surface area contributed by atoms with Gasteiger partial charge in [-0.2, -0.15) is 0 Å². The second-order valence-corrected chi connectivity index (χ2v) is 4.99. The van der Waals surface area contributed by atoms with E-state index >= 15 is 0 Å². The molecule has 1 saturated heterocycles. The van der Waals surface area contributed by atoms with Crippen molar-refractivity contribution in [3.8, 4) is 0 Å². The number of hydrogen-bond acceptors (Lipinski definition) is 2. The minimum atomic E-state index is -0.365. The molecule has 18 heavy (non-hydrogen) atoms. The van der Waals surface area contributed by atoms with Crippen molar-refractivity contribution in [2.45, 2.75) is 25.7 Å². The SMILES string of the molecule is O=C1[C@H]2CCCC[C@H]2C(=O)N1c1ccc(F)cc1. The first-order chi connectivity index (χ1) is 8.68. The third kappa shape index (κ3) is 1.64. The van der Waals surface area contributed by atoms with Gasteiger partial charge in [0, 0.05) is 0 Å². The summed E-state index contributed by atoms with van der Waals surface area (Å²) < 4.78 is 12.9. The van der Waals surface area contributed by atoms with Gasteiger partial charge in [-0.1, -0.05) is 12.8 Å². The maximum Gasteiger partial charge on any atom is 0.237 e. The highest BCUT2D eigenvalue weighted by Gasteiger charge is 2.48. The molecule has 2 aliphatic rings. The standard InChI is InChI=1S/C14H14FNO2/c15-9-5-7-10(8-6-9)16-13(17)11-3-1-2-4-12(11)14(16)18/h5-8,11-12H,1-4H2/t11-,12+. The van der Waals surface area contributed by atoms with Crippen LogP contribution < -0.4 is 4.90 Å². The molecular formula is C14H14FNO2. The lowest BCUT2D eigenvalue weighted by Gasteiger charge is -2.19. The summed E-state index contributed by atoms with van der Waals surface area (Å²) in [4.78, 5) is 25.7. The van der Waals surface area contributed by atoms with Crippen molar-refractivity contribution in [1.82, 2.24) is 0 Å². The van der Waals surface area contributed by atoms with Crippen molar-refractivity contribution in [3.63, 3.8) is 0 Å². The van der Waals surface area contributed by atoms with Crippen molar-refractivity contribution >= 4 is 17.5 Å². The van der Waals surface area contributed by atoms with Crippen LogP contribution in [0, 0.1) is 17.7 Å². The number of fused-ring (bicyclic) bond motifs is 1. The van der Waals surface area contributed by atoms with E-state index in [1.807, 2.05) is 0 Å². The highest BCUT2D eigenvalue weighted by Crippen LogP contribution is 2.39. The summed E-state index contributed by atoms with van der Waals surface area (Å²) in [5.74, 6) is -0.907. The van der Waals surface area contributed by atoms with E-state index in [2.05, 4.69) is 0 Å². The third-order valence-corrected chi connectivity index (χ3v) is 3.93. The van der Waals surface area contributed by atoms with E-state index in [1.54, 1.807) is 0 Å². The van der Waals surface area contributed by atoms with Crippen LogP contribution in [0.1, 0.15) is 25.7 Å². The molecule has 0 bridgehead atoms. The molecule has 2 atom stereocenters. The molecule has 3 rings (SSSR count). The van der Waals surface area contributed by atoms with Crippen molar-refractivity contribution in [3.05, 3.63) is 30.1 Å². The number of anilines is 1. The van der Waals surface area contributed by atoms with E-state index in [9.17, 15) is 14.0 Å². The number of imide groups is 1. The van der Waals surface area contributed by atoms with Gasteiger partial charge in [-0.25, -0.2) is 4.39 Å². The molecule has 1 aliphatic carbocycles. The molecule has 1 aliphatic heterocycles. The van der Waals surface area contributed by atoms with Crippen molar-refractivity contribution in [2.75, 3.05) is 4.90 Å². The minimum absolute atomic E-state index is 0.115. The van der Waals surface area contributed by atoms with E-state index < -0.39 is 0 Å². The lowest BCUT2D eigenvalue weighted by molar-refractivity contribution is -0.122. The van der Waals surface area contributed by atoms with Crippen molar-refractivity contribution in [1.29, 1.82) is 0 Å². The molecule has 0 radical (unpaired) electrons. The third-order valence-electron chi connectivity index (χ3n) is 3.93. The Morgan fingerprint density at radius 3 is 1.94 bits per heavy atom. The molecule has 1 aromatic rings. The average Bonchev–Trinajstić information content (AvgIpc) is 2.64. The number of carbonyl (C=O) groups is 2. The Balaban J connectivity index is 1.95. The van der Waals surface area contributed by atoms with Gasteiger partial charge in [0.15, 0.2) is 0 Å². The van der Waals surface area contributed by atoms with Gasteiger partial charge in [-0.3, -0.25) is 14.5 Å². The lowest BCUT2D eigenvalue weighted by Crippen LogP contribution is -2.30. The van der Waals surface area contributed by atoms with Crippen molar-refractivity contribution in [2.24, 2.45) is 11.8 Å². The van der Waals surface area contributed by atoms with Crippen LogP contribution in [0.5, 0.6) is 0 Å². The zero-order valence-electron chi connectivity index (χ0n) is 9.93. The molecular weight excluding hydrogens is 233 g/mol. The molecule has 1 aromatic carbocycles. The fraction of sp³-hybridized carbons (Fsp3) is 0.429. The lowest BCUT2D eigenvalue weighted by atomic mass is 9.81. The van der Waals surface area contributed by atoms with Gasteiger partial charge < -0.3 is 0 Å². The average molecular weight is 247 g/mol. The first kappa shape index (κ1) is 11.4. The van der Waals surface area contributed by atoms with Crippen LogP contribution in [-0.4, -0.2) is 11.8 Å². The predicted octanol–water partition coefficient (Wildman–Crippen LogP) is 2.51. The Kier molecular flexibility index (Phi) is 2.65. The maximum absolute atomic E-state index is 12.9. The number of halogens is 1. The number of hydrogen-bond donors (Lipinski definition) is 0. The smallest absolute Gasteiger partial charge is 0.237 e. The highest BCUT2D eigenvalue weighted by atomic mass is 19.1. The number of amides is 2. The molecule has 0 aromatic heterocycles. The highest BCUT2D eigenvalue weighted by molar-refractivity contribution is 6.22. The fourth-order valence-corrected chi connectivity index (χ4v) is 3.01. The van der Waals surface area contributed by atoms with Crippen molar-refractivity contribution < 1.29 is 14.0 Å². The summed E-state index contributed by atoms with van der Waals surface area (Å²) >= 11 is 0. The molecule has 0 N–H and O–H groups in total. The van der Waals surface area contributed by atoms with Crippen LogP contribution in [0.15, 0.2) is 24.3 Å². The van der Waals surface area contributed by atoms with Crippen LogP contribution in [0.4, 0.5) is 10.1 Å². The Hall–Kier alpha value is -1.71. The van der Waals surface area contributed by atoms with Gasteiger partial charge in [-0.05, 0) is 37.1 Å². The van der Waals surface area contributed by atoms with Crippen LogP contribution >= 0.6 is 0 Å². The Bertz CT molecular complexity index is 473. The van der Waals surface area contributed by atoms with Crippen LogP contribution in [0.3, 0.4) is 0 Å².